The van der Waals surface area contributed by atoms with Crippen LogP contribution in [0, 0.1) is 5.92 Å². The van der Waals surface area contributed by atoms with Crippen molar-refractivity contribution in [2.45, 2.75) is 32.4 Å². The van der Waals surface area contributed by atoms with Gasteiger partial charge in [-0.2, -0.15) is 0 Å². The van der Waals surface area contributed by atoms with Crippen LogP contribution in [0.1, 0.15) is 31.9 Å². The van der Waals surface area contributed by atoms with E-state index < -0.39 is 12.1 Å². The minimum absolute atomic E-state index is 0.114. The lowest BCUT2D eigenvalue weighted by Crippen LogP contribution is -2.49. The van der Waals surface area contributed by atoms with Crippen molar-refractivity contribution >= 4 is 11.8 Å². The van der Waals surface area contributed by atoms with Crippen molar-refractivity contribution in [3.63, 3.8) is 0 Å². The summed E-state index contributed by atoms with van der Waals surface area (Å²) in [7, 11) is 3.36. The topological polar surface area (TPSA) is 75.4 Å². The van der Waals surface area contributed by atoms with Crippen LogP contribution in [0.4, 0.5) is 0 Å². The molecule has 1 aromatic carbocycles. The van der Waals surface area contributed by atoms with Crippen molar-refractivity contribution in [2.24, 2.45) is 11.7 Å². The molecule has 0 aliphatic heterocycles. The number of likely N-dealkylation sites (N-methyl/N-ethyl adjacent to an activating group) is 1. The highest BCUT2D eigenvalue weighted by Gasteiger charge is 2.26. The van der Waals surface area contributed by atoms with Crippen LogP contribution in [0.25, 0.3) is 0 Å². The molecule has 3 N–H and O–H groups in total. The third-order valence-corrected chi connectivity index (χ3v) is 3.20. The molecular weight excluding hydrogens is 266 g/mol. The zero-order valence-corrected chi connectivity index (χ0v) is 13.2. The first-order valence-corrected chi connectivity index (χ1v) is 7.15. The number of nitrogens with one attached hydrogen (secondary N) is 1. The molecule has 21 heavy (non-hydrogen) atoms. The van der Waals surface area contributed by atoms with Gasteiger partial charge in [-0.3, -0.25) is 9.59 Å². The molecule has 2 amide bonds. The highest BCUT2D eigenvalue weighted by Crippen LogP contribution is 2.12. The van der Waals surface area contributed by atoms with Gasteiger partial charge in [0.2, 0.25) is 11.8 Å². The number of hydrogen-bond donors (Lipinski definition) is 2. The molecular formula is C16H25N3O2. The highest BCUT2D eigenvalue weighted by molar-refractivity contribution is 5.90. The second-order valence-electron chi connectivity index (χ2n) is 5.81. The lowest BCUT2D eigenvalue weighted by Gasteiger charge is -2.24. The predicted octanol–water partition coefficient (Wildman–Crippen LogP) is 1.31. The number of carbonyl (C=O) groups is 2. The van der Waals surface area contributed by atoms with E-state index in [2.05, 4.69) is 5.32 Å². The largest absolute Gasteiger partial charge is 0.347 e. The molecule has 1 unspecified atom stereocenters. The molecule has 0 aromatic heterocycles. The van der Waals surface area contributed by atoms with Gasteiger partial charge in [-0.25, -0.2) is 0 Å². The van der Waals surface area contributed by atoms with Gasteiger partial charge in [0.05, 0.1) is 0 Å². The number of nitrogens with zero attached hydrogens (tertiary/aromatic N) is 1. The third kappa shape index (κ3) is 5.19. The van der Waals surface area contributed by atoms with E-state index in [0.717, 1.165) is 5.56 Å². The number of carbonyl (C=O) groups excluding carboxylic acids is 2. The van der Waals surface area contributed by atoms with E-state index in [1.165, 1.54) is 4.90 Å². The van der Waals surface area contributed by atoms with Gasteiger partial charge in [0.15, 0.2) is 0 Å². The molecule has 0 heterocycles. The molecule has 116 valence electrons. The number of nitrogens with two attached hydrogens (primary N) is 1. The molecule has 0 fully saturated rings. The zero-order chi connectivity index (χ0) is 16.0. The van der Waals surface area contributed by atoms with Crippen molar-refractivity contribution in [3.05, 3.63) is 35.9 Å². The van der Waals surface area contributed by atoms with Crippen LogP contribution in [0.15, 0.2) is 30.3 Å². The van der Waals surface area contributed by atoms with Crippen molar-refractivity contribution < 1.29 is 9.59 Å². The molecule has 0 radical (unpaired) electrons. The molecule has 0 saturated carbocycles. The summed E-state index contributed by atoms with van der Waals surface area (Å²) in [5.74, 6) is -0.147. The first-order chi connectivity index (χ1) is 9.82. The molecule has 0 aliphatic carbocycles. The predicted molar refractivity (Wildman–Crippen MR) is 83.5 cm³/mol. The van der Waals surface area contributed by atoms with Gasteiger partial charge >= 0.3 is 0 Å². The Kier molecular flexibility index (Phi) is 6.37. The lowest BCUT2D eigenvalue weighted by molar-refractivity contribution is -0.135. The molecule has 1 rings (SSSR count). The highest BCUT2D eigenvalue weighted by atomic mass is 16.2. The average molecular weight is 291 g/mol. The quantitative estimate of drug-likeness (QED) is 0.829. The Balaban J connectivity index is 2.78. The first kappa shape index (κ1) is 17.2. The smallest absolute Gasteiger partial charge is 0.244 e. The zero-order valence-electron chi connectivity index (χ0n) is 13.2. The number of benzene rings is 1. The van der Waals surface area contributed by atoms with Crippen molar-refractivity contribution in [2.75, 3.05) is 14.1 Å². The van der Waals surface area contributed by atoms with E-state index in [1.54, 1.807) is 26.2 Å². The summed E-state index contributed by atoms with van der Waals surface area (Å²) in [6.45, 7) is 4.03. The van der Waals surface area contributed by atoms with Crippen molar-refractivity contribution in [3.8, 4) is 0 Å². The van der Waals surface area contributed by atoms with Gasteiger partial charge in [0, 0.05) is 14.1 Å². The molecule has 0 bridgehead atoms. The van der Waals surface area contributed by atoms with E-state index in [9.17, 15) is 9.59 Å². The Hall–Kier alpha value is -1.88. The van der Waals surface area contributed by atoms with Gasteiger partial charge in [0.25, 0.3) is 0 Å². The maximum atomic E-state index is 12.3. The monoisotopic (exact) mass is 291 g/mol. The Labute approximate surface area is 126 Å². The molecule has 5 heteroatoms. The second-order valence-corrected chi connectivity index (χ2v) is 5.81. The van der Waals surface area contributed by atoms with E-state index >= 15 is 0 Å². The van der Waals surface area contributed by atoms with Crippen LogP contribution < -0.4 is 11.1 Å². The second kappa shape index (κ2) is 7.78. The van der Waals surface area contributed by atoms with Crippen LogP contribution in [0.5, 0.6) is 0 Å². The first-order valence-electron chi connectivity index (χ1n) is 7.15. The number of amides is 2. The van der Waals surface area contributed by atoms with E-state index in [4.69, 9.17) is 5.73 Å². The maximum absolute atomic E-state index is 12.3. The summed E-state index contributed by atoms with van der Waals surface area (Å²) in [6.07, 6.45) is 0.588. The summed E-state index contributed by atoms with van der Waals surface area (Å²) in [4.78, 5) is 25.9. The molecule has 0 spiro atoms. The van der Waals surface area contributed by atoms with Crippen LogP contribution in [0.2, 0.25) is 0 Å². The third-order valence-electron chi connectivity index (χ3n) is 3.20. The number of hydrogen-bond acceptors (Lipinski definition) is 3. The SMILES string of the molecule is CC(C)CC(NC(=O)[C@H](N)c1ccccc1)C(=O)N(C)C. The summed E-state index contributed by atoms with van der Waals surface area (Å²) >= 11 is 0. The van der Waals surface area contributed by atoms with Gasteiger partial charge in [0.1, 0.15) is 12.1 Å². The summed E-state index contributed by atoms with van der Waals surface area (Å²) in [5.41, 5.74) is 6.69. The Bertz CT molecular complexity index is 472. The summed E-state index contributed by atoms with van der Waals surface area (Å²) in [5, 5.41) is 2.77. The molecule has 5 nitrogen and oxygen atoms in total. The van der Waals surface area contributed by atoms with E-state index in [-0.39, 0.29) is 11.8 Å². The van der Waals surface area contributed by atoms with Crippen molar-refractivity contribution in [1.29, 1.82) is 0 Å². The van der Waals surface area contributed by atoms with Gasteiger partial charge in [-0.05, 0) is 17.9 Å². The molecule has 2 atom stereocenters. The van der Waals surface area contributed by atoms with E-state index in [0.29, 0.717) is 12.3 Å². The van der Waals surface area contributed by atoms with E-state index in [1.807, 2.05) is 32.0 Å². The standard InChI is InChI=1S/C16H25N3O2/c1-11(2)10-13(16(21)19(3)4)18-15(20)14(17)12-8-6-5-7-9-12/h5-9,11,13-14H,10,17H2,1-4H3,(H,18,20)/t13?,14-/m1/s1. The van der Waals surface area contributed by atoms with Crippen LogP contribution >= 0.6 is 0 Å². The summed E-state index contributed by atoms with van der Waals surface area (Å²) < 4.78 is 0. The molecule has 0 saturated heterocycles. The average Bonchev–Trinajstić information content (AvgIpc) is 2.45. The van der Waals surface area contributed by atoms with Crippen LogP contribution in [-0.2, 0) is 9.59 Å². The number of rotatable bonds is 6. The normalized spacial score (nSPS) is 13.6. The minimum Gasteiger partial charge on any atom is -0.347 e. The molecule has 1 aromatic rings. The Morgan fingerprint density at radius 2 is 1.76 bits per heavy atom. The Morgan fingerprint density at radius 3 is 2.24 bits per heavy atom. The lowest BCUT2D eigenvalue weighted by atomic mass is 10.0. The van der Waals surface area contributed by atoms with Crippen molar-refractivity contribution in [1.82, 2.24) is 10.2 Å². The minimum atomic E-state index is -0.768. The van der Waals surface area contributed by atoms with Crippen LogP contribution in [0.3, 0.4) is 0 Å². The fraction of sp³-hybridized carbons (Fsp3) is 0.500. The summed E-state index contributed by atoms with van der Waals surface area (Å²) in [6, 6.07) is 7.83. The fourth-order valence-corrected chi connectivity index (χ4v) is 2.08. The maximum Gasteiger partial charge on any atom is 0.244 e. The van der Waals surface area contributed by atoms with Gasteiger partial charge in [-0.15, -0.1) is 0 Å². The van der Waals surface area contributed by atoms with Crippen LogP contribution in [-0.4, -0.2) is 36.9 Å². The van der Waals surface area contributed by atoms with Gasteiger partial charge in [-0.1, -0.05) is 44.2 Å². The molecule has 0 aliphatic rings. The van der Waals surface area contributed by atoms with Gasteiger partial charge < -0.3 is 16.0 Å². The Morgan fingerprint density at radius 1 is 1.19 bits per heavy atom. The fourth-order valence-electron chi connectivity index (χ4n) is 2.08.